The van der Waals surface area contributed by atoms with Crippen LogP contribution in [0.4, 0.5) is 0 Å². The molecule has 13 heavy (non-hydrogen) atoms. The zero-order valence-corrected chi connectivity index (χ0v) is 6.94. The standard InChI is InChI=1S/C11H8O2/c12-11-8-4-2-6-9-5-1-3-7-10(9)13-11/h1-8H. The number of allylic oxidation sites excluding steroid dienone is 2. The van der Waals surface area contributed by atoms with E-state index >= 15 is 0 Å². The minimum absolute atomic E-state index is 0.336. The second-order valence-electron chi connectivity index (χ2n) is 2.68. The van der Waals surface area contributed by atoms with Gasteiger partial charge in [0, 0.05) is 11.6 Å². The van der Waals surface area contributed by atoms with Gasteiger partial charge in [-0.2, -0.15) is 0 Å². The van der Waals surface area contributed by atoms with Gasteiger partial charge in [-0.25, -0.2) is 4.79 Å². The number of fused-ring (bicyclic) bond motifs is 1. The van der Waals surface area contributed by atoms with Crippen molar-refractivity contribution < 1.29 is 9.53 Å². The van der Waals surface area contributed by atoms with Crippen LogP contribution in [0.2, 0.25) is 0 Å². The molecule has 0 spiro atoms. The van der Waals surface area contributed by atoms with Gasteiger partial charge in [-0.05, 0) is 6.07 Å². The van der Waals surface area contributed by atoms with Gasteiger partial charge in [-0.3, -0.25) is 0 Å². The molecule has 2 nitrogen and oxygen atoms in total. The molecule has 64 valence electrons. The first-order valence-corrected chi connectivity index (χ1v) is 4.02. The maximum absolute atomic E-state index is 11.1. The van der Waals surface area contributed by atoms with Crippen LogP contribution >= 0.6 is 0 Å². The second-order valence-corrected chi connectivity index (χ2v) is 2.68. The Hall–Kier alpha value is -1.83. The Morgan fingerprint density at radius 3 is 2.69 bits per heavy atom. The number of hydrogen-bond acceptors (Lipinski definition) is 2. The maximum Gasteiger partial charge on any atom is 0.336 e. The smallest absolute Gasteiger partial charge is 0.336 e. The summed E-state index contributed by atoms with van der Waals surface area (Å²) in [5.74, 6) is 0.268. The van der Waals surface area contributed by atoms with Crippen molar-refractivity contribution >= 4 is 12.0 Å². The largest absolute Gasteiger partial charge is 0.423 e. The maximum atomic E-state index is 11.1. The number of benzene rings is 1. The molecular weight excluding hydrogens is 164 g/mol. The Kier molecular flexibility index (Phi) is 1.96. The molecule has 0 atom stereocenters. The number of carbonyl (C=O) groups is 1. The molecule has 1 aromatic rings. The lowest BCUT2D eigenvalue weighted by atomic mass is 10.2. The summed E-state index contributed by atoms with van der Waals surface area (Å²) in [5.41, 5.74) is 0.917. The number of esters is 1. The second kappa shape index (κ2) is 3.27. The van der Waals surface area contributed by atoms with Gasteiger partial charge in [-0.1, -0.05) is 36.4 Å². The minimum Gasteiger partial charge on any atom is -0.423 e. The molecule has 0 N–H and O–H groups in total. The summed E-state index contributed by atoms with van der Waals surface area (Å²) < 4.78 is 5.06. The normalized spacial score (nSPS) is 14.3. The summed E-state index contributed by atoms with van der Waals surface area (Å²) in [4.78, 5) is 11.1. The zero-order valence-electron chi connectivity index (χ0n) is 6.94. The number of hydrogen-bond donors (Lipinski definition) is 0. The van der Waals surface area contributed by atoms with Crippen LogP contribution in [0.25, 0.3) is 6.08 Å². The van der Waals surface area contributed by atoms with Gasteiger partial charge in [0.1, 0.15) is 5.75 Å². The molecule has 1 aromatic carbocycles. The molecule has 1 aliphatic rings. The highest BCUT2D eigenvalue weighted by atomic mass is 16.5. The van der Waals surface area contributed by atoms with E-state index in [1.165, 1.54) is 6.08 Å². The van der Waals surface area contributed by atoms with Crippen molar-refractivity contribution in [3.8, 4) is 5.75 Å². The number of carbonyl (C=O) groups excluding carboxylic acids is 1. The van der Waals surface area contributed by atoms with Crippen molar-refractivity contribution in [2.45, 2.75) is 0 Å². The molecule has 1 aliphatic heterocycles. The van der Waals surface area contributed by atoms with E-state index < -0.39 is 0 Å². The molecule has 0 saturated heterocycles. The van der Waals surface area contributed by atoms with Gasteiger partial charge in [0.25, 0.3) is 0 Å². The predicted octanol–water partition coefficient (Wildman–Crippen LogP) is 2.17. The van der Waals surface area contributed by atoms with Crippen LogP contribution in [0, 0.1) is 0 Å². The van der Waals surface area contributed by atoms with Crippen molar-refractivity contribution in [2.24, 2.45) is 0 Å². The first-order chi connectivity index (χ1) is 6.36. The summed E-state index contributed by atoms with van der Waals surface area (Å²) in [5, 5.41) is 0. The summed E-state index contributed by atoms with van der Waals surface area (Å²) in [6.07, 6.45) is 6.78. The molecular formula is C11H8O2. The average Bonchev–Trinajstić information content (AvgIpc) is 2.11. The third-order valence-corrected chi connectivity index (χ3v) is 1.75. The third-order valence-electron chi connectivity index (χ3n) is 1.75. The van der Waals surface area contributed by atoms with Crippen LogP contribution < -0.4 is 4.74 Å². The van der Waals surface area contributed by atoms with E-state index in [2.05, 4.69) is 0 Å². The van der Waals surface area contributed by atoms with Crippen molar-refractivity contribution in [1.82, 2.24) is 0 Å². The zero-order chi connectivity index (χ0) is 9.10. The highest BCUT2D eigenvalue weighted by Gasteiger charge is 2.04. The van der Waals surface area contributed by atoms with Crippen LogP contribution in [-0.4, -0.2) is 5.97 Å². The molecule has 0 fully saturated rings. The summed E-state index contributed by atoms with van der Waals surface area (Å²) >= 11 is 0. The van der Waals surface area contributed by atoms with Gasteiger partial charge in [0.05, 0.1) is 0 Å². The highest BCUT2D eigenvalue weighted by Crippen LogP contribution is 2.20. The predicted molar refractivity (Wildman–Crippen MR) is 50.3 cm³/mol. The third kappa shape index (κ3) is 1.67. The van der Waals surface area contributed by atoms with Crippen molar-refractivity contribution in [1.29, 1.82) is 0 Å². The van der Waals surface area contributed by atoms with Gasteiger partial charge in [0.2, 0.25) is 0 Å². The number of ether oxygens (including phenoxy) is 1. The van der Waals surface area contributed by atoms with Gasteiger partial charge in [-0.15, -0.1) is 0 Å². The summed E-state index contributed by atoms with van der Waals surface area (Å²) in [7, 11) is 0. The molecule has 0 saturated carbocycles. The molecule has 0 aliphatic carbocycles. The quantitative estimate of drug-likeness (QED) is 0.443. The average molecular weight is 172 g/mol. The Labute approximate surface area is 76.1 Å². The molecule has 0 amide bonds. The van der Waals surface area contributed by atoms with Gasteiger partial charge >= 0.3 is 5.97 Å². The molecule has 2 rings (SSSR count). The fourth-order valence-electron chi connectivity index (χ4n) is 1.15. The first kappa shape index (κ1) is 7.80. The van der Waals surface area contributed by atoms with Crippen molar-refractivity contribution in [3.05, 3.63) is 48.1 Å². The van der Waals surface area contributed by atoms with E-state index in [1.807, 2.05) is 30.4 Å². The summed E-state index contributed by atoms with van der Waals surface area (Å²) in [6.45, 7) is 0. The Morgan fingerprint density at radius 2 is 1.77 bits per heavy atom. The van der Waals surface area contributed by atoms with E-state index in [1.54, 1.807) is 12.1 Å². The monoisotopic (exact) mass is 172 g/mol. The van der Waals surface area contributed by atoms with Crippen LogP contribution in [-0.2, 0) is 4.79 Å². The molecule has 0 unspecified atom stereocenters. The Bertz CT molecular complexity index is 389. The lowest BCUT2D eigenvalue weighted by Gasteiger charge is -2.06. The van der Waals surface area contributed by atoms with Crippen LogP contribution in [0.15, 0.2) is 42.5 Å². The SMILES string of the molecule is O=C1C=CC=Cc2ccccc2O1. The Morgan fingerprint density at radius 1 is 1.00 bits per heavy atom. The number of rotatable bonds is 0. The van der Waals surface area contributed by atoms with Crippen LogP contribution in [0.5, 0.6) is 5.75 Å². The van der Waals surface area contributed by atoms with Crippen molar-refractivity contribution in [2.75, 3.05) is 0 Å². The van der Waals surface area contributed by atoms with E-state index in [9.17, 15) is 4.79 Å². The Balaban J connectivity index is 2.49. The molecule has 0 radical (unpaired) electrons. The van der Waals surface area contributed by atoms with Crippen LogP contribution in [0.3, 0.4) is 0 Å². The lowest BCUT2D eigenvalue weighted by Crippen LogP contribution is -2.05. The van der Waals surface area contributed by atoms with Crippen molar-refractivity contribution in [3.63, 3.8) is 0 Å². The molecule has 0 aromatic heterocycles. The van der Waals surface area contributed by atoms with E-state index in [0.717, 1.165) is 5.56 Å². The molecule has 1 heterocycles. The highest BCUT2D eigenvalue weighted by molar-refractivity contribution is 5.86. The first-order valence-electron chi connectivity index (χ1n) is 4.02. The van der Waals surface area contributed by atoms with E-state index in [0.29, 0.717) is 5.75 Å². The minimum atomic E-state index is -0.336. The van der Waals surface area contributed by atoms with E-state index in [-0.39, 0.29) is 5.97 Å². The topological polar surface area (TPSA) is 26.3 Å². The van der Waals surface area contributed by atoms with Gasteiger partial charge in [0.15, 0.2) is 0 Å². The van der Waals surface area contributed by atoms with Crippen LogP contribution in [0.1, 0.15) is 5.56 Å². The fraction of sp³-hybridized carbons (Fsp3) is 0. The molecule has 0 bridgehead atoms. The van der Waals surface area contributed by atoms with E-state index in [4.69, 9.17) is 4.74 Å². The van der Waals surface area contributed by atoms with Gasteiger partial charge < -0.3 is 4.74 Å². The fourth-order valence-corrected chi connectivity index (χ4v) is 1.15. The summed E-state index contributed by atoms with van der Waals surface area (Å²) in [6, 6.07) is 7.42. The molecule has 2 heteroatoms. The lowest BCUT2D eigenvalue weighted by molar-refractivity contribution is -0.129. The number of para-hydroxylation sites is 1.